The fourth-order valence-corrected chi connectivity index (χ4v) is 2.23. The molecule has 0 aliphatic rings. The highest BCUT2D eigenvalue weighted by Gasteiger charge is 2.32. The summed E-state index contributed by atoms with van der Waals surface area (Å²) in [5, 5.41) is -0.740. The van der Waals surface area contributed by atoms with Gasteiger partial charge in [-0.2, -0.15) is 13.2 Å². The van der Waals surface area contributed by atoms with Crippen LogP contribution in [0.1, 0.15) is 19.4 Å². The van der Waals surface area contributed by atoms with Crippen molar-refractivity contribution in [3.05, 3.63) is 29.8 Å². The molecule has 0 aliphatic carbocycles. The smallest absolute Gasteiger partial charge is 0.223 e. The average Bonchev–Trinajstić information content (AvgIpc) is 2.16. The number of benzene rings is 1. The van der Waals surface area contributed by atoms with E-state index in [1.165, 1.54) is 19.9 Å². The third kappa shape index (κ3) is 2.55. The van der Waals surface area contributed by atoms with E-state index in [0.717, 1.165) is 12.1 Å². The van der Waals surface area contributed by atoms with Crippen LogP contribution in [0.15, 0.2) is 29.2 Å². The van der Waals surface area contributed by atoms with E-state index in [9.17, 15) is 21.6 Å². The Morgan fingerprint density at radius 3 is 2.19 bits per heavy atom. The van der Waals surface area contributed by atoms with Crippen molar-refractivity contribution in [2.75, 3.05) is 0 Å². The lowest BCUT2D eigenvalue weighted by Gasteiger charge is -2.11. The van der Waals surface area contributed by atoms with Gasteiger partial charge in [-0.1, -0.05) is 6.07 Å². The number of halogens is 3. The van der Waals surface area contributed by atoms with Gasteiger partial charge in [-0.15, -0.1) is 0 Å². The van der Waals surface area contributed by atoms with Gasteiger partial charge in [0.1, 0.15) is 0 Å². The summed E-state index contributed by atoms with van der Waals surface area (Å²) in [7, 11) is -3.66. The van der Waals surface area contributed by atoms with Crippen molar-refractivity contribution in [2.45, 2.75) is 30.2 Å². The molecule has 0 aliphatic heterocycles. The van der Waals surface area contributed by atoms with Gasteiger partial charge >= 0.3 is 6.18 Å². The van der Waals surface area contributed by atoms with Crippen molar-refractivity contribution in [1.29, 1.82) is 0 Å². The zero-order valence-corrected chi connectivity index (χ0v) is 9.56. The summed E-state index contributed by atoms with van der Waals surface area (Å²) in [5.74, 6) is 0. The van der Waals surface area contributed by atoms with E-state index in [1.807, 2.05) is 0 Å². The molecule has 6 heteroatoms. The summed E-state index contributed by atoms with van der Waals surface area (Å²) in [6, 6.07) is 3.78. The Morgan fingerprint density at radius 1 is 1.19 bits per heavy atom. The first-order chi connectivity index (χ1) is 7.15. The summed E-state index contributed by atoms with van der Waals surface area (Å²) in [6.45, 7) is 2.85. The van der Waals surface area contributed by atoms with Crippen molar-refractivity contribution >= 4 is 9.84 Å². The molecule has 0 heterocycles. The van der Waals surface area contributed by atoms with E-state index < -0.39 is 26.8 Å². The SMILES string of the molecule is CC(C)S(=O)(=O)c1cccc(C(F)(F)F)c1. The van der Waals surface area contributed by atoms with Crippen molar-refractivity contribution in [3.8, 4) is 0 Å². The molecule has 0 unspecified atom stereocenters. The average molecular weight is 252 g/mol. The maximum atomic E-state index is 12.4. The van der Waals surface area contributed by atoms with Gasteiger partial charge in [0.2, 0.25) is 0 Å². The van der Waals surface area contributed by atoms with E-state index in [1.54, 1.807) is 0 Å². The van der Waals surface area contributed by atoms with Gasteiger partial charge in [0.25, 0.3) is 0 Å². The van der Waals surface area contributed by atoms with E-state index in [-0.39, 0.29) is 4.90 Å². The monoisotopic (exact) mass is 252 g/mol. The second kappa shape index (κ2) is 4.08. The molecular formula is C10H11F3O2S. The van der Waals surface area contributed by atoms with Crippen molar-refractivity contribution in [1.82, 2.24) is 0 Å². The molecule has 90 valence electrons. The second-order valence-electron chi connectivity index (χ2n) is 3.62. The zero-order chi connectivity index (χ0) is 12.6. The summed E-state index contributed by atoms with van der Waals surface area (Å²) < 4.78 is 60.4. The van der Waals surface area contributed by atoms with Crippen LogP contribution in [0, 0.1) is 0 Å². The highest BCUT2D eigenvalue weighted by Crippen LogP contribution is 2.31. The van der Waals surface area contributed by atoms with Crippen LogP contribution in [-0.4, -0.2) is 13.7 Å². The first-order valence-corrected chi connectivity index (χ1v) is 6.11. The van der Waals surface area contributed by atoms with Gasteiger partial charge in [-0.25, -0.2) is 8.42 Å². The second-order valence-corrected chi connectivity index (χ2v) is 6.12. The first kappa shape index (κ1) is 13.0. The van der Waals surface area contributed by atoms with Crippen molar-refractivity contribution in [2.24, 2.45) is 0 Å². The number of hydrogen-bond acceptors (Lipinski definition) is 2. The van der Waals surface area contributed by atoms with E-state index in [0.29, 0.717) is 6.07 Å². The minimum absolute atomic E-state index is 0.294. The topological polar surface area (TPSA) is 34.1 Å². The van der Waals surface area contributed by atoms with Crippen LogP contribution >= 0.6 is 0 Å². The maximum Gasteiger partial charge on any atom is 0.416 e. The van der Waals surface area contributed by atoms with E-state index in [2.05, 4.69) is 0 Å². The predicted octanol–water partition coefficient (Wildman–Crippen LogP) is 2.89. The van der Waals surface area contributed by atoms with Gasteiger partial charge in [0.05, 0.1) is 15.7 Å². The Balaban J connectivity index is 3.30. The molecule has 0 saturated carbocycles. The van der Waals surface area contributed by atoms with Crippen molar-refractivity contribution in [3.63, 3.8) is 0 Å². The van der Waals surface area contributed by atoms with E-state index in [4.69, 9.17) is 0 Å². The Morgan fingerprint density at radius 2 is 1.75 bits per heavy atom. The highest BCUT2D eigenvalue weighted by molar-refractivity contribution is 7.92. The third-order valence-electron chi connectivity index (χ3n) is 2.11. The molecule has 1 aromatic rings. The van der Waals surface area contributed by atoms with Gasteiger partial charge < -0.3 is 0 Å². The summed E-state index contributed by atoms with van der Waals surface area (Å²) in [6.07, 6.45) is -4.53. The molecule has 0 bridgehead atoms. The lowest BCUT2D eigenvalue weighted by molar-refractivity contribution is -0.137. The van der Waals surface area contributed by atoms with Crippen LogP contribution in [0.25, 0.3) is 0 Å². The minimum atomic E-state index is -4.53. The number of alkyl halides is 3. The molecule has 16 heavy (non-hydrogen) atoms. The lowest BCUT2D eigenvalue weighted by atomic mass is 10.2. The third-order valence-corrected chi connectivity index (χ3v) is 4.26. The summed E-state index contributed by atoms with van der Waals surface area (Å²) in [4.78, 5) is -0.294. The van der Waals surface area contributed by atoms with Gasteiger partial charge in [-0.05, 0) is 32.0 Å². The normalized spacial score (nSPS) is 13.1. The molecule has 0 atom stereocenters. The van der Waals surface area contributed by atoms with Crippen LogP contribution in [0.3, 0.4) is 0 Å². The van der Waals surface area contributed by atoms with Crippen LogP contribution in [0.5, 0.6) is 0 Å². The quantitative estimate of drug-likeness (QED) is 0.811. The van der Waals surface area contributed by atoms with Crippen LogP contribution in [0.4, 0.5) is 13.2 Å². The van der Waals surface area contributed by atoms with Gasteiger partial charge in [0.15, 0.2) is 9.84 Å². The largest absolute Gasteiger partial charge is 0.416 e. The maximum absolute atomic E-state index is 12.4. The Bertz CT molecular complexity index is 475. The zero-order valence-electron chi connectivity index (χ0n) is 8.75. The fraction of sp³-hybridized carbons (Fsp3) is 0.400. The Labute approximate surface area is 92.0 Å². The molecule has 0 spiro atoms. The van der Waals surface area contributed by atoms with Gasteiger partial charge in [0, 0.05) is 0 Å². The fourth-order valence-electron chi connectivity index (χ4n) is 1.12. The molecule has 1 rings (SSSR count). The molecule has 0 saturated heterocycles. The summed E-state index contributed by atoms with van der Waals surface area (Å²) in [5.41, 5.74) is -0.950. The molecule has 0 aromatic heterocycles. The molecule has 0 radical (unpaired) electrons. The molecule has 0 N–H and O–H groups in total. The van der Waals surface area contributed by atoms with Crippen LogP contribution < -0.4 is 0 Å². The van der Waals surface area contributed by atoms with E-state index >= 15 is 0 Å². The highest BCUT2D eigenvalue weighted by atomic mass is 32.2. The molecule has 0 fully saturated rings. The van der Waals surface area contributed by atoms with Gasteiger partial charge in [-0.3, -0.25) is 0 Å². The minimum Gasteiger partial charge on any atom is -0.223 e. The van der Waals surface area contributed by atoms with Crippen molar-refractivity contribution < 1.29 is 21.6 Å². The molecule has 1 aromatic carbocycles. The number of hydrogen-bond donors (Lipinski definition) is 0. The molecule has 2 nitrogen and oxygen atoms in total. The Hall–Kier alpha value is -1.04. The van der Waals surface area contributed by atoms with Crippen LogP contribution in [0.2, 0.25) is 0 Å². The molecular weight excluding hydrogens is 241 g/mol. The first-order valence-electron chi connectivity index (χ1n) is 4.57. The number of rotatable bonds is 2. The standard InChI is InChI=1S/C10H11F3O2S/c1-7(2)16(14,15)9-5-3-4-8(6-9)10(11,12)13/h3-7H,1-2H3. The lowest BCUT2D eigenvalue weighted by Crippen LogP contribution is -2.15. The predicted molar refractivity (Wildman–Crippen MR) is 53.8 cm³/mol. The Kier molecular flexibility index (Phi) is 3.33. The molecule has 0 amide bonds. The van der Waals surface area contributed by atoms with Crippen LogP contribution in [-0.2, 0) is 16.0 Å². The number of sulfone groups is 1. The summed E-state index contributed by atoms with van der Waals surface area (Å²) >= 11 is 0.